The van der Waals surface area contributed by atoms with E-state index in [2.05, 4.69) is 22.4 Å². The minimum absolute atomic E-state index is 0. The van der Waals surface area contributed by atoms with Crippen molar-refractivity contribution in [2.24, 2.45) is 0 Å². The number of nitrogens with zero attached hydrogens (tertiary/aromatic N) is 1. The molecule has 1 heterocycles. The quantitative estimate of drug-likeness (QED) is 0.195. The van der Waals surface area contributed by atoms with E-state index in [0.29, 0.717) is 24.3 Å². The van der Waals surface area contributed by atoms with Gasteiger partial charge < -0.3 is 15.2 Å². The average molecular weight is 569 g/mol. The zero-order valence-electron chi connectivity index (χ0n) is 22.0. The summed E-state index contributed by atoms with van der Waals surface area (Å²) in [6.07, 6.45) is 4.68. The number of aliphatic carboxylic acids is 1. The number of carbonyl (C=O) groups excluding carboxylic acids is 1. The molecule has 1 unspecified atom stereocenters. The van der Waals surface area contributed by atoms with Gasteiger partial charge in [-0.05, 0) is 65.3 Å². The standard InChI is InChI=1S/C31H32N2O4S2.Li.H/c1-21-8-6-7-11-24(21)26-16-23(12-13-25(26)30(34)33-27(31(35)36)14-15-38-2)19-37-28(29-18-32-20-39-29)17-22-9-4-3-5-10-22;;/h3-13,16,18,20,27-28H,14-15,17,19H2,1-2H3,(H,33,34)(H,35,36);;/t27-,28?;;/m0../s1. The summed E-state index contributed by atoms with van der Waals surface area (Å²) in [5.41, 5.74) is 7.04. The van der Waals surface area contributed by atoms with Gasteiger partial charge in [0, 0.05) is 18.2 Å². The van der Waals surface area contributed by atoms with Crippen LogP contribution in [0.1, 0.15) is 44.5 Å². The first kappa shape index (κ1) is 31.7. The summed E-state index contributed by atoms with van der Waals surface area (Å²) in [6.45, 7) is 2.35. The molecule has 0 fully saturated rings. The SMILES string of the molecule is CSCC[C@H](NC(=O)c1ccc(COC(Cc2ccccc2)c2cncs2)cc1-c1ccccc1C)C(=O)O.[LiH]. The molecule has 6 nitrogen and oxygen atoms in total. The summed E-state index contributed by atoms with van der Waals surface area (Å²) in [5.74, 6) is -0.796. The van der Waals surface area contributed by atoms with Gasteiger partial charge in [-0.1, -0.05) is 60.7 Å². The van der Waals surface area contributed by atoms with E-state index in [1.165, 1.54) is 5.56 Å². The number of rotatable bonds is 13. The van der Waals surface area contributed by atoms with Crippen molar-refractivity contribution in [3.8, 4) is 11.1 Å². The first-order valence-electron chi connectivity index (χ1n) is 12.7. The van der Waals surface area contributed by atoms with E-state index in [-0.39, 0.29) is 25.0 Å². The van der Waals surface area contributed by atoms with Gasteiger partial charge in [-0.3, -0.25) is 9.78 Å². The molecule has 2 atom stereocenters. The molecule has 0 aliphatic rings. The van der Waals surface area contributed by atoms with Crippen LogP contribution in [0, 0.1) is 6.92 Å². The van der Waals surface area contributed by atoms with Gasteiger partial charge in [-0.2, -0.15) is 11.8 Å². The Morgan fingerprint density at radius 1 is 1.02 bits per heavy atom. The van der Waals surface area contributed by atoms with Crippen molar-refractivity contribution in [1.29, 1.82) is 0 Å². The van der Waals surface area contributed by atoms with Crippen molar-refractivity contribution in [2.75, 3.05) is 12.0 Å². The number of aryl methyl sites for hydroxylation is 1. The first-order chi connectivity index (χ1) is 19.0. The fourth-order valence-electron chi connectivity index (χ4n) is 4.36. The number of thioether (sulfide) groups is 1. The third kappa shape index (κ3) is 8.57. The number of carboxylic acid groups (broad SMARTS) is 1. The number of nitrogens with one attached hydrogen (secondary N) is 1. The molecule has 4 aromatic rings. The molecule has 0 saturated heterocycles. The third-order valence-corrected chi connectivity index (χ3v) is 7.97. The van der Waals surface area contributed by atoms with Crippen LogP contribution >= 0.6 is 23.1 Å². The molecule has 40 heavy (non-hydrogen) atoms. The predicted octanol–water partition coefficient (Wildman–Crippen LogP) is 5.91. The van der Waals surface area contributed by atoms with E-state index in [4.69, 9.17) is 4.74 Å². The van der Waals surface area contributed by atoms with Crippen molar-refractivity contribution in [3.05, 3.63) is 112 Å². The molecule has 1 aromatic heterocycles. The molecular formula is C31H33LiN2O4S2. The summed E-state index contributed by atoms with van der Waals surface area (Å²) in [4.78, 5) is 30.4. The van der Waals surface area contributed by atoms with E-state index < -0.39 is 17.9 Å². The zero-order valence-corrected chi connectivity index (χ0v) is 23.6. The number of benzene rings is 3. The van der Waals surface area contributed by atoms with Crippen LogP contribution in [0.2, 0.25) is 0 Å². The molecule has 4 rings (SSSR count). The molecular weight excluding hydrogens is 535 g/mol. The Hall–Kier alpha value is -2.86. The second kappa shape index (κ2) is 15.8. The predicted molar refractivity (Wildman–Crippen MR) is 165 cm³/mol. The summed E-state index contributed by atoms with van der Waals surface area (Å²) in [7, 11) is 0. The Morgan fingerprint density at radius 2 is 1.77 bits per heavy atom. The van der Waals surface area contributed by atoms with Crippen LogP contribution in [0.3, 0.4) is 0 Å². The van der Waals surface area contributed by atoms with Crippen LogP contribution in [0.4, 0.5) is 0 Å². The fourth-order valence-corrected chi connectivity index (χ4v) is 5.50. The van der Waals surface area contributed by atoms with Gasteiger partial charge in [0.15, 0.2) is 0 Å². The number of carbonyl (C=O) groups is 2. The first-order valence-corrected chi connectivity index (χ1v) is 15.0. The number of carboxylic acids is 1. The van der Waals surface area contributed by atoms with E-state index in [1.807, 2.05) is 79.5 Å². The molecule has 0 radical (unpaired) electrons. The second-order valence-corrected chi connectivity index (χ2v) is 11.1. The number of thiazole rings is 1. The van der Waals surface area contributed by atoms with Crippen LogP contribution in [-0.4, -0.2) is 58.9 Å². The fraction of sp³-hybridized carbons (Fsp3) is 0.258. The third-order valence-electron chi connectivity index (χ3n) is 6.46. The molecule has 0 aliphatic heterocycles. The van der Waals surface area contributed by atoms with E-state index in [1.54, 1.807) is 29.2 Å². The average Bonchev–Trinajstić information content (AvgIpc) is 3.49. The molecule has 3 aromatic carbocycles. The van der Waals surface area contributed by atoms with Crippen LogP contribution in [0.25, 0.3) is 11.1 Å². The number of amides is 1. The van der Waals surface area contributed by atoms with Crippen molar-refractivity contribution in [3.63, 3.8) is 0 Å². The minimum atomic E-state index is -1.03. The van der Waals surface area contributed by atoms with Gasteiger partial charge in [0.2, 0.25) is 0 Å². The normalized spacial score (nSPS) is 12.2. The Morgan fingerprint density at radius 3 is 2.45 bits per heavy atom. The summed E-state index contributed by atoms with van der Waals surface area (Å²) < 4.78 is 6.43. The summed E-state index contributed by atoms with van der Waals surface area (Å²) >= 11 is 3.12. The van der Waals surface area contributed by atoms with Crippen molar-refractivity contribution in [2.45, 2.75) is 38.5 Å². The van der Waals surface area contributed by atoms with Gasteiger partial charge in [0.1, 0.15) is 6.04 Å². The molecule has 204 valence electrons. The van der Waals surface area contributed by atoms with Crippen molar-refractivity contribution in [1.82, 2.24) is 10.3 Å². The molecule has 0 spiro atoms. The van der Waals surface area contributed by atoms with Crippen LogP contribution < -0.4 is 5.32 Å². The van der Waals surface area contributed by atoms with Crippen LogP contribution in [-0.2, 0) is 22.6 Å². The van der Waals surface area contributed by atoms with Crippen LogP contribution in [0.15, 0.2) is 84.5 Å². The number of hydrogen-bond acceptors (Lipinski definition) is 6. The molecule has 2 N–H and O–H groups in total. The maximum absolute atomic E-state index is 13.3. The van der Waals surface area contributed by atoms with E-state index >= 15 is 0 Å². The molecule has 0 aliphatic carbocycles. The number of hydrogen-bond donors (Lipinski definition) is 2. The monoisotopic (exact) mass is 568 g/mol. The van der Waals surface area contributed by atoms with Gasteiger partial charge >= 0.3 is 24.8 Å². The second-order valence-electron chi connectivity index (χ2n) is 9.23. The van der Waals surface area contributed by atoms with E-state index in [0.717, 1.165) is 33.6 Å². The number of ether oxygens (including phenoxy) is 1. The Balaban J connectivity index is 0.00000441. The Labute approximate surface area is 255 Å². The topological polar surface area (TPSA) is 88.5 Å². The summed E-state index contributed by atoms with van der Waals surface area (Å²) in [5, 5.41) is 12.4. The van der Waals surface area contributed by atoms with E-state index in [9.17, 15) is 14.7 Å². The van der Waals surface area contributed by atoms with Gasteiger partial charge in [0.25, 0.3) is 5.91 Å². The van der Waals surface area contributed by atoms with Crippen molar-refractivity contribution < 1.29 is 19.4 Å². The van der Waals surface area contributed by atoms with Crippen LogP contribution in [0.5, 0.6) is 0 Å². The molecule has 0 saturated carbocycles. The summed E-state index contributed by atoms with van der Waals surface area (Å²) in [6, 6.07) is 22.7. The Bertz CT molecular complexity index is 1380. The zero-order chi connectivity index (χ0) is 27.6. The Kier molecular flexibility index (Phi) is 12.5. The molecule has 1 amide bonds. The van der Waals surface area contributed by atoms with Gasteiger partial charge in [-0.25, -0.2) is 4.79 Å². The van der Waals surface area contributed by atoms with Gasteiger partial charge in [0.05, 0.1) is 23.1 Å². The number of aromatic nitrogens is 1. The van der Waals surface area contributed by atoms with Gasteiger partial charge in [-0.15, -0.1) is 11.3 Å². The molecule has 9 heteroatoms. The van der Waals surface area contributed by atoms with Crippen molar-refractivity contribution >= 4 is 53.8 Å². The maximum atomic E-state index is 13.3. The molecule has 0 bridgehead atoms.